The lowest BCUT2D eigenvalue weighted by molar-refractivity contribution is -0.300. The highest BCUT2D eigenvalue weighted by Crippen LogP contribution is 2.23. The molecule has 164 valence electrons. The normalized spacial score (nSPS) is 28.5. The molecule has 0 saturated carbocycles. The molecule has 1 fully saturated rings. The number of nitrogens with one attached hydrogen (secondary N) is 1. The molecule has 0 aromatic heterocycles. The van der Waals surface area contributed by atoms with Gasteiger partial charge in [-0.1, -0.05) is 12.1 Å². The van der Waals surface area contributed by atoms with Crippen LogP contribution in [0.1, 0.15) is 27.1 Å². The molecule has 0 unspecified atom stereocenters. The van der Waals surface area contributed by atoms with Gasteiger partial charge < -0.3 is 35.2 Å². The molecule has 11 heteroatoms. The third kappa shape index (κ3) is 4.51. The molecular weight excluding hydrogens is 400 g/mol. The van der Waals surface area contributed by atoms with E-state index in [0.29, 0.717) is 11.1 Å². The summed E-state index contributed by atoms with van der Waals surface area (Å²) in [6.07, 6.45) is -7.00. The summed E-state index contributed by atoms with van der Waals surface area (Å²) >= 11 is 0. The number of hydrogen-bond donors (Lipinski definition) is 5. The Labute approximate surface area is 171 Å². The van der Waals surface area contributed by atoms with Crippen LogP contribution in [0.25, 0.3) is 0 Å². The van der Waals surface area contributed by atoms with Crippen molar-refractivity contribution < 1.29 is 44.3 Å². The van der Waals surface area contributed by atoms with Crippen molar-refractivity contribution in [1.82, 2.24) is 10.2 Å². The van der Waals surface area contributed by atoms with Gasteiger partial charge in [0.15, 0.2) is 6.29 Å². The standard InChI is InChI=1S/C19H24N2O9/c22-9-12-14(24)15(25)16(26)19(30-12)29-8-6-20-13(23)5-7-21-17(27)10-3-1-2-4-11(10)18(21)28/h1-4,12,14-16,19,22,24-26H,5-9H2,(H,20,23)/t12-,14+,15+,16-,19+/m1/s1. The van der Waals surface area contributed by atoms with E-state index in [1.54, 1.807) is 24.3 Å². The zero-order chi connectivity index (χ0) is 21.8. The van der Waals surface area contributed by atoms with Crippen molar-refractivity contribution in [1.29, 1.82) is 0 Å². The van der Waals surface area contributed by atoms with Crippen LogP contribution in [0, 0.1) is 0 Å². The van der Waals surface area contributed by atoms with Crippen LogP contribution >= 0.6 is 0 Å². The Hall–Kier alpha value is -2.41. The van der Waals surface area contributed by atoms with E-state index >= 15 is 0 Å². The van der Waals surface area contributed by atoms with Gasteiger partial charge in [-0.15, -0.1) is 0 Å². The molecule has 30 heavy (non-hydrogen) atoms. The number of rotatable bonds is 8. The number of benzene rings is 1. The third-order valence-corrected chi connectivity index (χ3v) is 5.00. The SMILES string of the molecule is O=C(CCN1C(=O)c2ccccc2C1=O)NCCO[C@H]1O[C@H](CO)[C@H](O)[C@H](O)[C@H]1O. The molecule has 1 saturated heterocycles. The number of nitrogens with zero attached hydrogens (tertiary/aromatic N) is 1. The van der Waals surface area contributed by atoms with Gasteiger partial charge in [-0.05, 0) is 12.1 Å². The van der Waals surface area contributed by atoms with E-state index in [0.717, 1.165) is 4.90 Å². The number of aliphatic hydroxyl groups is 4. The molecule has 1 aromatic carbocycles. The van der Waals surface area contributed by atoms with Gasteiger partial charge in [-0.25, -0.2) is 0 Å². The molecule has 5 atom stereocenters. The smallest absolute Gasteiger partial charge is 0.261 e. The Morgan fingerprint density at radius 2 is 1.70 bits per heavy atom. The number of carbonyl (C=O) groups excluding carboxylic acids is 3. The molecule has 11 nitrogen and oxygen atoms in total. The Morgan fingerprint density at radius 1 is 1.07 bits per heavy atom. The van der Waals surface area contributed by atoms with Crippen molar-refractivity contribution in [3.8, 4) is 0 Å². The molecule has 1 aromatic rings. The average Bonchev–Trinajstić information content (AvgIpc) is 2.99. The van der Waals surface area contributed by atoms with Crippen LogP contribution in [0.15, 0.2) is 24.3 Å². The molecule has 5 N–H and O–H groups in total. The first-order chi connectivity index (χ1) is 14.3. The molecule has 3 amide bonds. The summed E-state index contributed by atoms with van der Waals surface area (Å²) in [5.74, 6) is -1.28. The molecule has 0 radical (unpaired) electrons. The largest absolute Gasteiger partial charge is 0.394 e. The minimum atomic E-state index is -1.55. The quantitative estimate of drug-likeness (QED) is 0.226. The van der Waals surface area contributed by atoms with Crippen LogP contribution in [0.4, 0.5) is 0 Å². The molecule has 2 heterocycles. The number of hydrogen-bond acceptors (Lipinski definition) is 9. The van der Waals surface area contributed by atoms with Gasteiger partial charge in [0.25, 0.3) is 11.8 Å². The Balaban J connectivity index is 1.39. The van der Waals surface area contributed by atoms with Gasteiger partial charge in [-0.3, -0.25) is 19.3 Å². The Morgan fingerprint density at radius 3 is 2.30 bits per heavy atom. The summed E-state index contributed by atoms with van der Waals surface area (Å²) in [4.78, 5) is 37.5. The van der Waals surface area contributed by atoms with Crippen molar-refractivity contribution >= 4 is 17.7 Å². The number of aliphatic hydroxyl groups excluding tert-OH is 4. The summed E-state index contributed by atoms with van der Waals surface area (Å²) in [7, 11) is 0. The maximum atomic E-state index is 12.2. The van der Waals surface area contributed by atoms with Crippen LogP contribution in [-0.4, -0.2) is 100 Å². The lowest BCUT2D eigenvalue weighted by Gasteiger charge is -2.39. The number of ether oxygens (including phenoxy) is 2. The topological polar surface area (TPSA) is 166 Å². The van der Waals surface area contributed by atoms with Gasteiger partial charge in [-0.2, -0.15) is 0 Å². The maximum Gasteiger partial charge on any atom is 0.261 e. The molecule has 0 aliphatic carbocycles. The van der Waals surface area contributed by atoms with Crippen LogP contribution in [-0.2, 0) is 14.3 Å². The second-order valence-electron chi connectivity index (χ2n) is 6.98. The Bertz CT molecular complexity index is 765. The number of imide groups is 1. The first-order valence-corrected chi connectivity index (χ1v) is 9.49. The van der Waals surface area contributed by atoms with Gasteiger partial charge in [0.1, 0.15) is 24.4 Å². The second-order valence-corrected chi connectivity index (χ2v) is 6.98. The summed E-state index contributed by atoms with van der Waals surface area (Å²) in [6.45, 7) is -0.678. The fourth-order valence-electron chi connectivity index (χ4n) is 3.31. The number of amides is 3. The van der Waals surface area contributed by atoms with Crippen molar-refractivity contribution in [2.75, 3.05) is 26.3 Å². The highest BCUT2D eigenvalue weighted by molar-refractivity contribution is 6.21. The number of fused-ring (bicyclic) bond motifs is 1. The first-order valence-electron chi connectivity index (χ1n) is 9.49. The minimum Gasteiger partial charge on any atom is -0.394 e. The van der Waals surface area contributed by atoms with E-state index in [2.05, 4.69) is 5.32 Å². The molecule has 0 bridgehead atoms. The van der Waals surface area contributed by atoms with Crippen molar-refractivity contribution in [2.24, 2.45) is 0 Å². The summed E-state index contributed by atoms with van der Waals surface area (Å²) in [5, 5.41) is 40.9. The van der Waals surface area contributed by atoms with Crippen LogP contribution < -0.4 is 5.32 Å². The number of carbonyl (C=O) groups is 3. The maximum absolute atomic E-state index is 12.2. The van der Waals surface area contributed by atoms with E-state index in [9.17, 15) is 29.7 Å². The molecule has 3 rings (SSSR count). The highest BCUT2D eigenvalue weighted by Gasteiger charge is 2.44. The van der Waals surface area contributed by atoms with Crippen molar-refractivity contribution in [3.63, 3.8) is 0 Å². The van der Waals surface area contributed by atoms with Crippen LogP contribution in [0.2, 0.25) is 0 Å². The molecule has 2 aliphatic rings. The summed E-state index contributed by atoms with van der Waals surface area (Å²) < 4.78 is 10.4. The first kappa shape index (κ1) is 22.3. The van der Waals surface area contributed by atoms with E-state index < -0.39 is 55.0 Å². The molecule has 0 spiro atoms. The molecular formula is C19H24N2O9. The monoisotopic (exact) mass is 424 g/mol. The lowest BCUT2D eigenvalue weighted by atomic mass is 9.99. The highest BCUT2D eigenvalue weighted by atomic mass is 16.7. The van der Waals surface area contributed by atoms with Crippen LogP contribution in [0.3, 0.4) is 0 Å². The fraction of sp³-hybridized carbons (Fsp3) is 0.526. The minimum absolute atomic E-state index is 0.0377. The predicted octanol–water partition coefficient (Wildman–Crippen LogP) is -2.39. The van der Waals surface area contributed by atoms with Gasteiger partial charge >= 0.3 is 0 Å². The van der Waals surface area contributed by atoms with E-state index in [1.807, 2.05) is 0 Å². The molecule has 2 aliphatic heterocycles. The summed E-state index contributed by atoms with van der Waals surface area (Å²) in [6, 6.07) is 6.45. The third-order valence-electron chi connectivity index (χ3n) is 5.00. The predicted molar refractivity (Wildman–Crippen MR) is 99.2 cm³/mol. The summed E-state index contributed by atoms with van der Waals surface area (Å²) in [5.41, 5.74) is 0.631. The zero-order valence-electron chi connectivity index (χ0n) is 16.0. The Kier molecular flexibility index (Phi) is 7.13. The van der Waals surface area contributed by atoms with Crippen LogP contribution in [0.5, 0.6) is 0 Å². The van der Waals surface area contributed by atoms with Crippen molar-refractivity contribution in [2.45, 2.75) is 37.1 Å². The lowest BCUT2D eigenvalue weighted by Crippen LogP contribution is -2.59. The zero-order valence-corrected chi connectivity index (χ0v) is 16.0. The van der Waals surface area contributed by atoms with Gasteiger partial charge in [0.2, 0.25) is 5.91 Å². The van der Waals surface area contributed by atoms with Crippen molar-refractivity contribution in [3.05, 3.63) is 35.4 Å². The average molecular weight is 424 g/mol. The second kappa shape index (κ2) is 9.60. The van der Waals surface area contributed by atoms with E-state index in [4.69, 9.17) is 14.6 Å². The van der Waals surface area contributed by atoms with E-state index in [-0.39, 0.29) is 26.1 Å². The fourth-order valence-corrected chi connectivity index (χ4v) is 3.31. The van der Waals surface area contributed by atoms with Gasteiger partial charge in [0, 0.05) is 19.5 Å². The van der Waals surface area contributed by atoms with E-state index in [1.165, 1.54) is 0 Å². The van der Waals surface area contributed by atoms with Gasteiger partial charge in [0.05, 0.1) is 24.3 Å².